The molecule has 1 aliphatic heterocycles. The molecule has 0 saturated carbocycles. The molecule has 1 fully saturated rings. The van der Waals surface area contributed by atoms with Crippen LogP contribution in [0, 0.1) is 11.8 Å². The smallest absolute Gasteiger partial charge is 0.222 e. The van der Waals surface area contributed by atoms with E-state index in [0.29, 0.717) is 24.8 Å². The van der Waals surface area contributed by atoms with Gasteiger partial charge in [0.15, 0.2) is 0 Å². The molecule has 2 atom stereocenters. The van der Waals surface area contributed by atoms with Gasteiger partial charge in [-0.05, 0) is 70.7 Å². The molecule has 1 saturated heterocycles. The molecule has 0 spiro atoms. The first-order chi connectivity index (χ1) is 9.56. The van der Waals surface area contributed by atoms with E-state index in [0.717, 1.165) is 16.9 Å². The van der Waals surface area contributed by atoms with E-state index in [1.54, 1.807) is 11.3 Å². The van der Waals surface area contributed by atoms with Crippen molar-refractivity contribution in [2.24, 2.45) is 11.8 Å². The molecule has 0 aliphatic carbocycles. The van der Waals surface area contributed by atoms with Gasteiger partial charge in [-0.3, -0.25) is 4.79 Å². The van der Waals surface area contributed by atoms with Crippen LogP contribution in [-0.4, -0.2) is 30.9 Å². The summed E-state index contributed by atoms with van der Waals surface area (Å²) in [6.45, 7) is 5.11. The van der Waals surface area contributed by atoms with Crippen LogP contribution in [0.4, 0.5) is 0 Å². The highest BCUT2D eigenvalue weighted by atomic mass is 79.9. The molecule has 2 heterocycles. The molecule has 120 valence electrons. The lowest BCUT2D eigenvalue weighted by atomic mass is 9.85. The Labute approximate surface area is 146 Å². The van der Waals surface area contributed by atoms with Crippen LogP contribution in [0.3, 0.4) is 0 Å². The summed E-state index contributed by atoms with van der Waals surface area (Å²) in [5, 5.41) is 5.53. The summed E-state index contributed by atoms with van der Waals surface area (Å²) < 4.78 is 1.12. The summed E-state index contributed by atoms with van der Waals surface area (Å²) in [4.78, 5) is 14.2. The largest absolute Gasteiger partial charge is 0.341 e. The normalized spacial score (nSPS) is 19.7. The molecule has 6 heteroatoms. The Bertz CT molecular complexity index is 449. The minimum absolute atomic E-state index is 0. The maximum absolute atomic E-state index is 12.3. The average Bonchev–Trinajstić information content (AvgIpc) is 2.85. The Morgan fingerprint density at radius 3 is 2.95 bits per heavy atom. The van der Waals surface area contributed by atoms with Gasteiger partial charge < -0.3 is 10.2 Å². The standard InChI is InChI=1S/C15H23BrN2OS.ClH/c1-11(13-4-3-5-17-8-13)6-15(19)18(2)9-12-7-14(16)20-10-12;/h7,10-11,13,17H,3-6,8-9H2,1-2H3;1H. The van der Waals surface area contributed by atoms with Gasteiger partial charge in [0.25, 0.3) is 0 Å². The summed E-state index contributed by atoms with van der Waals surface area (Å²) in [5.74, 6) is 1.37. The highest BCUT2D eigenvalue weighted by molar-refractivity contribution is 9.11. The molecule has 1 aromatic rings. The first kappa shape index (κ1) is 18.9. The van der Waals surface area contributed by atoms with Crippen LogP contribution in [0.5, 0.6) is 0 Å². The summed E-state index contributed by atoms with van der Waals surface area (Å²) in [5.41, 5.74) is 1.20. The fourth-order valence-corrected chi connectivity index (χ4v) is 3.95. The second-order valence-electron chi connectivity index (χ2n) is 5.80. The second kappa shape index (κ2) is 9.13. The number of halogens is 2. The van der Waals surface area contributed by atoms with Crippen LogP contribution in [0.1, 0.15) is 31.7 Å². The summed E-state index contributed by atoms with van der Waals surface area (Å²) >= 11 is 5.12. The summed E-state index contributed by atoms with van der Waals surface area (Å²) in [7, 11) is 1.90. The molecule has 2 unspecified atom stereocenters. The predicted octanol–water partition coefficient (Wildman–Crippen LogP) is 3.92. The van der Waals surface area contributed by atoms with E-state index in [1.807, 2.05) is 11.9 Å². The van der Waals surface area contributed by atoms with Crippen LogP contribution >= 0.6 is 39.7 Å². The van der Waals surface area contributed by atoms with E-state index in [2.05, 4.69) is 39.6 Å². The monoisotopic (exact) mass is 394 g/mol. The zero-order chi connectivity index (χ0) is 14.5. The third-order valence-corrected chi connectivity index (χ3v) is 5.66. The molecule has 0 aromatic carbocycles. The van der Waals surface area contributed by atoms with Crippen molar-refractivity contribution in [3.05, 3.63) is 20.8 Å². The molecular formula is C15H24BrClN2OS. The van der Waals surface area contributed by atoms with Gasteiger partial charge >= 0.3 is 0 Å². The number of thiophene rings is 1. The van der Waals surface area contributed by atoms with Crippen LogP contribution in [0.25, 0.3) is 0 Å². The average molecular weight is 396 g/mol. The number of hydrogen-bond acceptors (Lipinski definition) is 3. The Balaban J connectivity index is 0.00000220. The van der Waals surface area contributed by atoms with E-state index < -0.39 is 0 Å². The van der Waals surface area contributed by atoms with Crippen molar-refractivity contribution in [2.75, 3.05) is 20.1 Å². The third kappa shape index (κ3) is 5.89. The van der Waals surface area contributed by atoms with E-state index in [-0.39, 0.29) is 18.3 Å². The Hall–Kier alpha value is -0.100. The summed E-state index contributed by atoms with van der Waals surface area (Å²) in [6, 6.07) is 2.09. The number of hydrogen-bond donors (Lipinski definition) is 1. The molecule has 0 radical (unpaired) electrons. The number of rotatable bonds is 5. The molecule has 3 nitrogen and oxygen atoms in total. The maximum atomic E-state index is 12.3. The zero-order valence-electron chi connectivity index (χ0n) is 12.6. The molecule has 1 N–H and O–H groups in total. The van der Waals surface area contributed by atoms with Crippen molar-refractivity contribution < 1.29 is 4.79 Å². The highest BCUT2D eigenvalue weighted by Gasteiger charge is 2.23. The van der Waals surface area contributed by atoms with Crippen molar-refractivity contribution >= 4 is 45.6 Å². The lowest BCUT2D eigenvalue weighted by molar-refractivity contribution is -0.131. The van der Waals surface area contributed by atoms with Crippen molar-refractivity contribution in [3.8, 4) is 0 Å². The van der Waals surface area contributed by atoms with Crippen LogP contribution < -0.4 is 5.32 Å². The molecule has 21 heavy (non-hydrogen) atoms. The first-order valence-electron chi connectivity index (χ1n) is 7.24. The second-order valence-corrected chi connectivity index (χ2v) is 8.09. The molecule has 1 aromatic heterocycles. The van der Waals surface area contributed by atoms with Gasteiger partial charge in [-0.25, -0.2) is 0 Å². The van der Waals surface area contributed by atoms with Gasteiger partial charge in [-0.1, -0.05) is 6.92 Å². The van der Waals surface area contributed by atoms with E-state index >= 15 is 0 Å². The van der Waals surface area contributed by atoms with Gasteiger partial charge in [-0.15, -0.1) is 23.7 Å². The van der Waals surface area contributed by atoms with Crippen LogP contribution in [0.2, 0.25) is 0 Å². The first-order valence-corrected chi connectivity index (χ1v) is 8.91. The Morgan fingerprint density at radius 1 is 1.62 bits per heavy atom. The molecule has 2 rings (SSSR count). The third-order valence-electron chi connectivity index (χ3n) is 4.10. The van der Waals surface area contributed by atoms with Gasteiger partial charge in [0.1, 0.15) is 0 Å². The van der Waals surface area contributed by atoms with Gasteiger partial charge in [0, 0.05) is 20.0 Å². The van der Waals surface area contributed by atoms with Crippen LogP contribution in [0.15, 0.2) is 15.2 Å². The lowest BCUT2D eigenvalue weighted by Gasteiger charge is -2.29. The zero-order valence-corrected chi connectivity index (χ0v) is 15.8. The Kier molecular flexibility index (Phi) is 8.24. The quantitative estimate of drug-likeness (QED) is 0.819. The van der Waals surface area contributed by atoms with E-state index in [4.69, 9.17) is 0 Å². The number of amides is 1. The maximum Gasteiger partial charge on any atom is 0.222 e. The van der Waals surface area contributed by atoms with Crippen molar-refractivity contribution in [3.63, 3.8) is 0 Å². The minimum atomic E-state index is 0. The number of nitrogens with one attached hydrogen (secondary N) is 1. The van der Waals surface area contributed by atoms with Crippen molar-refractivity contribution in [1.29, 1.82) is 0 Å². The molecule has 0 bridgehead atoms. The fourth-order valence-electron chi connectivity index (χ4n) is 2.75. The van der Waals surface area contributed by atoms with Gasteiger partial charge in [0.2, 0.25) is 5.91 Å². The molecule has 1 aliphatic rings. The SMILES string of the molecule is CC(CC(=O)N(C)Cc1csc(Br)c1)C1CCCNC1.Cl. The highest BCUT2D eigenvalue weighted by Crippen LogP contribution is 2.24. The van der Waals surface area contributed by atoms with Crippen LogP contribution in [-0.2, 0) is 11.3 Å². The number of carbonyl (C=O) groups excluding carboxylic acids is 1. The van der Waals surface area contributed by atoms with E-state index in [1.165, 1.54) is 18.4 Å². The van der Waals surface area contributed by atoms with Gasteiger partial charge in [-0.2, -0.15) is 0 Å². The Morgan fingerprint density at radius 2 is 2.38 bits per heavy atom. The van der Waals surface area contributed by atoms with Gasteiger partial charge in [0.05, 0.1) is 3.79 Å². The number of carbonyl (C=O) groups is 1. The molecule has 1 amide bonds. The van der Waals surface area contributed by atoms with Crippen molar-refractivity contribution in [2.45, 2.75) is 32.7 Å². The molecular weight excluding hydrogens is 372 g/mol. The topological polar surface area (TPSA) is 32.3 Å². The summed E-state index contributed by atoms with van der Waals surface area (Å²) in [6.07, 6.45) is 3.15. The minimum Gasteiger partial charge on any atom is -0.341 e. The predicted molar refractivity (Wildman–Crippen MR) is 95.1 cm³/mol. The number of nitrogens with zero attached hydrogens (tertiary/aromatic N) is 1. The number of piperidine rings is 1. The van der Waals surface area contributed by atoms with Crippen molar-refractivity contribution in [1.82, 2.24) is 10.2 Å². The van der Waals surface area contributed by atoms with E-state index in [9.17, 15) is 4.79 Å². The fraction of sp³-hybridized carbons (Fsp3) is 0.667. The lowest BCUT2D eigenvalue weighted by Crippen LogP contribution is -2.36.